The van der Waals surface area contributed by atoms with E-state index >= 15 is 0 Å². The minimum Gasteiger partial charge on any atom is -0.480 e. The van der Waals surface area contributed by atoms with Crippen LogP contribution in [0.5, 0.6) is 0 Å². The van der Waals surface area contributed by atoms with Crippen molar-refractivity contribution < 1.29 is 24.4 Å². The summed E-state index contributed by atoms with van der Waals surface area (Å²) in [5.41, 5.74) is -0.804. The van der Waals surface area contributed by atoms with E-state index < -0.39 is 29.0 Å². The topological polar surface area (TPSA) is 110 Å². The van der Waals surface area contributed by atoms with Gasteiger partial charge < -0.3 is 14.7 Å². The number of carboxylic acids is 1. The maximum Gasteiger partial charge on any atom is 0.323 e. The average Bonchev–Trinajstić information content (AvgIpc) is 2.41. The van der Waals surface area contributed by atoms with Gasteiger partial charge in [-0.05, 0) is 6.07 Å². The van der Waals surface area contributed by atoms with Crippen LogP contribution < -0.4 is 0 Å². The standard InChI is InChI=1S/C12H13ClN2O6/c1-21-6-5-14(7-10(16)17)12(18)11-8(13)3-2-4-9(11)15(19)20/h2-4H,5-7H2,1H3,(H,16,17). The highest BCUT2D eigenvalue weighted by molar-refractivity contribution is 6.34. The van der Waals surface area contributed by atoms with Gasteiger partial charge in [0.1, 0.15) is 12.1 Å². The molecule has 0 aliphatic heterocycles. The zero-order valence-corrected chi connectivity index (χ0v) is 11.9. The molecule has 0 atom stereocenters. The summed E-state index contributed by atoms with van der Waals surface area (Å²) in [5.74, 6) is -2.07. The second-order valence-corrected chi connectivity index (χ2v) is 4.41. The van der Waals surface area contributed by atoms with Crippen LogP contribution >= 0.6 is 11.6 Å². The lowest BCUT2D eigenvalue weighted by Gasteiger charge is -2.20. The molecule has 0 aliphatic carbocycles. The van der Waals surface area contributed by atoms with Crippen LogP contribution in [0.4, 0.5) is 5.69 Å². The predicted octanol–water partition coefficient (Wildman–Crippen LogP) is 1.42. The summed E-state index contributed by atoms with van der Waals surface area (Å²) in [6.45, 7) is -0.536. The summed E-state index contributed by atoms with van der Waals surface area (Å²) in [6.07, 6.45) is 0. The third-order valence-electron chi connectivity index (χ3n) is 2.58. The van der Waals surface area contributed by atoms with Crippen LogP contribution in [0.1, 0.15) is 10.4 Å². The summed E-state index contributed by atoms with van der Waals surface area (Å²) in [4.78, 5) is 34.3. The molecule has 1 aromatic rings. The normalized spacial score (nSPS) is 10.2. The Kier molecular flexibility index (Phi) is 6.07. The number of nitro groups is 1. The molecule has 0 heterocycles. The molecule has 0 bridgehead atoms. The van der Waals surface area contributed by atoms with Crippen LogP contribution in [0.25, 0.3) is 0 Å². The first kappa shape index (κ1) is 16.9. The van der Waals surface area contributed by atoms with Crippen LogP contribution in [0.15, 0.2) is 18.2 Å². The van der Waals surface area contributed by atoms with Crippen LogP contribution in [0.3, 0.4) is 0 Å². The van der Waals surface area contributed by atoms with Crippen LogP contribution in [0.2, 0.25) is 5.02 Å². The number of carbonyl (C=O) groups excluding carboxylic acids is 1. The molecule has 1 aromatic carbocycles. The highest BCUT2D eigenvalue weighted by Gasteiger charge is 2.28. The molecule has 0 aliphatic rings. The molecule has 1 N–H and O–H groups in total. The maximum atomic E-state index is 12.4. The fourth-order valence-electron chi connectivity index (χ4n) is 1.65. The van der Waals surface area contributed by atoms with Crippen LogP contribution in [-0.4, -0.2) is 53.6 Å². The number of benzene rings is 1. The van der Waals surface area contributed by atoms with E-state index in [1.54, 1.807) is 0 Å². The lowest BCUT2D eigenvalue weighted by molar-refractivity contribution is -0.385. The number of hydrogen-bond donors (Lipinski definition) is 1. The van der Waals surface area contributed by atoms with Crippen molar-refractivity contribution in [2.45, 2.75) is 0 Å². The summed E-state index contributed by atoms with van der Waals surface area (Å²) in [6, 6.07) is 3.80. The molecule has 0 unspecified atom stereocenters. The van der Waals surface area contributed by atoms with Crippen molar-refractivity contribution in [3.8, 4) is 0 Å². The number of rotatable bonds is 7. The lowest BCUT2D eigenvalue weighted by atomic mass is 10.1. The third kappa shape index (κ3) is 4.40. The Morgan fingerprint density at radius 2 is 2.14 bits per heavy atom. The van der Waals surface area contributed by atoms with Gasteiger partial charge in [-0.2, -0.15) is 0 Å². The quantitative estimate of drug-likeness (QED) is 0.601. The number of aliphatic carboxylic acids is 1. The van der Waals surface area contributed by atoms with E-state index in [1.807, 2.05) is 0 Å². The largest absolute Gasteiger partial charge is 0.480 e. The number of halogens is 1. The van der Waals surface area contributed by atoms with Gasteiger partial charge in [-0.3, -0.25) is 19.7 Å². The minimum atomic E-state index is -1.24. The highest BCUT2D eigenvalue weighted by atomic mass is 35.5. The first-order valence-corrected chi connectivity index (χ1v) is 6.19. The van der Waals surface area contributed by atoms with Gasteiger partial charge in [0.2, 0.25) is 0 Å². The number of hydrogen-bond acceptors (Lipinski definition) is 5. The van der Waals surface area contributed by atoms with Gasteiger partial charge in [0.15, 0.2) is 0 Å². The van der Waals surface area contributed by atoms with Gasteiger partial charge >= 0.3 is 5.97 Å². The molecule has 9 heteroatoms. The van der Waals surface area contributed by atoms with Gasteiger partial charge in [0.05, 0.1) is 16.6 Å². The average molecular weight is 317 g/mol. The molecule has 1 rings (SSSR count). The fourth-order valence-corrected chi connectivity index (χ4v) is 1.90. The second kappa shape index (κ2) is 7.55. The van der Waals surface area contributed by atoms with Crippen molar-refractivity contribution in [3.63, 3.8) is 0 Å². The molecule has 0 saturated heterocycles. The molecular formula is C12H13ClN2O6. The van der Waals surface area contributed by atoms with Crippen molar-refractivity contribution in [2.24, 2.45) is 0 Å². The van der Waals surface area contributed by atoms with E-state index in [2.05, 4.69) is 0 Å². The van der Waals surface area contributed by atoms with E-state index in [4.69, 9.17) is 21.4 Å². The third-order valence-corrected chi connectivity index (χ3v) is 2.90. The minimum absolute atomic E-state index is 0.0238. The van der Waals surface area contributed by atoms with Gasteiger partial charge in [-0.15, -0.1) is 0 Å². The number of nitrogens with zero attached hydrogens (tertiary/aromatic N) is 2. The molecule has 21 heavy (non-hydrogen) atoms. The zero-order chi connectivity index (χ0) is 16.0. The molecule has 0 aromatic heterocycles. The number of carboxylic acid groups (broad SMARTS) is 1. The number of nitro benzene ring substituents is 1. The van der Waals surface area contributed by atoms with Crippen molar-refractivity contribution in [3.05, 3.63) is 38.9 Å². The Morgan fingerprint density at radius 1 is 1.48 bits per heavy atom. The van der Waals surface area contributed by atoms with Crippen molar-refractivity contribution in [1.29, 1.82) is 0 Å². The molecule has 0 radical (unpaired) electrons. The predicted molar refractivity (Wildman–Crippen MR) is 73.5 cm³/mol. The number of amides is 1. The molecule has 1 amide bonds. The summed E-state index contributed by atoms with van der Waals surface area (Å²) >= 11 is 5.85. The van der Waals surface area contributed by atoms with E-state index in [0.29, 0.717) is 0 Å². The number of carbonyl (C=O) groups is 2. The Hall–Kier alpha value is -2.19. The number of methoxy groups -OCH3 is 1. The molecular weight excluding hydrogens is 304 g/mol. The van der Waals surface area contributed by atoms with E-state index in [1.165, 1.54) is 19.2 Å². The molecule has 0 fully saturated rings. The monoisotopic (exact) mass is 316 g/mol. The maximum absolute atomic E-state index is 12.4. The summed E-state index contributed by atoms with van der Waals surface area (Å²) in [5, 5.41) is 19.7. The highest BCUT2D eigenvalue weighted by Crippen LogP contribution is 2.27. The van der Waals surface area contributed by atoms with E-state index in [9.17, 15) is 19.7 Å². The van der Waals surface area contributed by atoms with Gasteiger partial charge in [-0.1, -0.05) is 17.7 Å². The smallest absolute Gasteiger partial charge is 0.323 e. The lowest BCUT2D eigenvalue weighted by Crippen LogP contribution is -2.38. The molecule has 0 spiro atoms. The van der Waals surface area contributed by atoms with Crippen molar-refractivity contribution in [1.82, 2.24) is 4.90 Å². The SMILES string of the molecule is COCCN(CC(=O)O)C(=O)c1c(Cl)cccc1[N+](=O)[O-]. The van der Waals surface area contributed by atoms with Crippen LogP contribution in [0, 0.1) is 10.1 Å². The van der Waals surface area contributed by atoms with Crippen molar-refractivity contribution >= 4 is 29.2 Å². The van der Waals surface area contributed by atoms with Gasteiger partial charge in [0.25, 0.3) is 11.6 Å². The number of ether oxygens (including phenoxy) is 1. The van der Waals surface area contributed by atoms with Gasteiger partial charge in [0, 0.05) is 19.7 Å². The molecule has 114 valence electrons. The molecule has 8 nitrogen and oxygen atoms in total. The Labute approximate surface area is 125 Å². The Morgan fingerprint density at radius 3 is 2.67 bits per heavy atom. The Bertz CT molecular complexity index is 563. The van der Waals surface area contributed by atoms with Gasteiger partial charge in [-0.25, -0.2) is 0 Å². The van der Waals surface area contributed by atoms with E-state index in [0.717, 1.165) is 11.0 Å². The van der Waals surface area contributed by atoms with Crippen LogP contribution in [-0.2, 0) is 9.53 Å². The van der Waals surface area contributed by atoms with E-state index in [-0.39, 0.29) is 23.7 Å². The summed E-state index contributed by atoms with van der Waals surface area (Å²) < 4.78 is 4.79. The zero-order valence-electron chi connectivity index (χ0n) is 11.1. The summed E-state index contributed by atoms with van der Waals surface area (Å²) in [7, 11) is 1.39. The Balaban J connectivity index is 3.19. The first-order chi connectivity index (χ1) is 9.88. The second-order valence-electron chi connectivity index (χ2n) is 4.00. The fraction of sp³-hybridized carbons (Fsp3) is 0.333. The first-order valence-electron chi connectivity index (χ1n) is 5.81. The van der Waals surface area contributed by atoms with Crippen molar-refractivity contribution in [2.75, 3.05) is 26.8 Å². The molecule has 0 saturated carbocycles.